The van der Waals surface area contributed by atoms with E-state index in [1.54, 1.807) is 24.5 Å². The molecular formula is C21H18FN3O2. The maximum atomic E-state index is 13.0. The van der Waals surface area contributed by atoms with Crippen LogP contribution in [0.4, 0.5) is 10.1 Å². The lowest BCUT2D eigenvalue weighted by atomic mass is 9.97. The van der Waals surface area contributed by atoms with Crippen LogP contribution < -0.4 is 15.8 Å². The summed E-state index contributed by atoms with van der Waals surface area (Å²) in [5.41, 5.74) is 10.5. The summed E-state index contributed by atoms with van der Waals surface area (Å²) in [6.07, 6.45) is 3.75. The van der Waals surface area contributed by atoms with Crippen LogP contribution in [0.25, 0.3) is 11.1 Å². The Hall–Kier alpha value is -3.25. The predicted octanol–water partition coefficient (Wildman–Crippen LogP) is 3.29. The van der Waals surface area contributed by atoms with Gasteiger partial charge in [-0.3, -0.25) is 9.78 Å². The van der Waals surface area contributed by atoms with Crippen molar-refractivity contribution in [1.82, 2.24) is 4.98 Å². The van der Waals surface area contributed by atoms with E-state index < -0.39 is 6.04 Å². The Labute approximate surface area is 156 Å². The molecule has 1 aliphatic rings. The molecule has 3 aromatic rings. The highest BCUT2D eigenvalue weighted by Crippen LogP contribution is 2.37. The number of halogens is 1. The summed E-state index contributed by atoms with van der Waals surface area (Å²) in [6, 6.07) is 12.8. The molecule has 0 radical (unpaired) electrons. The van der Waals surface area contributed by atoms with E-state index in [0.717, 1.165) is 28.0 Å². The molecule has 2 heterocycles. The molecule has 0 spiro atoms. The lowest BCUT2D eigenvalue weighted by Crippen LogP contribution is -2.37. The van der Waals surface area contributed by atoms with Crippen molar-refractivity contribution in [3.05, 3.63) is 77.9 Å². The number of carbonyl (C=O) groups is 1. The monoisotopic (exact) mass is 363 g/mol. The largest absolute Gasteiger partial charge is 0.487 e. The second-order valence-corrected chi connectivity index (χ2v) is 6.46. The van der Waals surface area contributed by atoms with Crippen LogP contribution in [-0.4, -0.2) is 16.9 Å². The average molecular weight is 363 g/mol. The number of aromatic nitrogens is 1. The number of nitrogens with two attached hydrogens (primary N) is 1. The van der Waals surface area contributed by atoms with Crippen molar-refractivity contribution in [2.45, 2.75) is 19.1 Å². The predicted molar refractivity (Wildman–Crippen MR) is 101 cm³/mol. The van der Waals surface area contributed by atoms with Gasteiger partial charge in [-0.05, 0) is 53.4 Å². The first kappa shape index (κ1) is 17.2. The highest BCUT2D eigenvalue weighted by atomic mass is 19.1. The quantitative estimate of drug-likeness (QED) is 0.746. The molecule has 1 unspecified atom stereocenters. The Morgan fingerprint density at radius 2 is 2.00 bits per heavy atom. The van der Waals surface area contributed by atoms with E-state index in [-0.39, 0.29) is 11.7 Å². The number of nitrogens with one attached hydrogen (secondary N) is 1. The second kappa shape index (κ2) is 7.17. The normalized spacial score (nSPS) is 13.1. The standard InChI is InChI=1S/C21H18FN3O2/c22-15-3-1-13(2-4-15)9-19(23)21(26)25-16-5-6-17-14(10-16)12-27-20-11-24-8-7-18(17)20/h1-8,10-11,19H,9,12,23H2,(H,25,26). The van der Waals surface area contributed by atoms with E-state index >= 15 is 0 Å². The molecule has 3 N–H and O–H groups in total. The Morgan fingerprint density at radius 3 is 2.81 bits per heavy atom. The molecular weight excluding hydrogens is 345 g/mol. The fraction of sp³-hybridized carbons (Fsp3) is 0.143. The highest BCUT2D eigenvalue weighted by molar-refractivity contribution is 5.95. The summed E-state index contributed by atoms with van der Waals surface area (Å²) >= 11 is 0. The summed E-state index contributed by atoms with van der Waals surface area (Å²) in [6.45, 7) is 0.416. The zero-order chi connectivity index (χ0) is 18.8. The van der Waals surface area contributed by atoms with Crippen molar-refractivity contribution in [3.8, 4) is 16.9 Å². The van der Waals surface area contributed by atoms with Gasteiger partial charge in [-0.2, -0.15) is 0 Å². The van der Waals surface area contributed by atoms with Crippen LogP contribution >= 0.6 is 0 Å². The minimum absolute atomic E-state index is 0.291. The fourth-order valence-electron chi connectivity index (χ4n) is 3.13. The number of rotatable bonds is 4. The topological polar surface area (TPSA) is 77.2 Å². The molecule has 0 saturated heterocycles. The van der Waals surface area contributed by atoms with Gasteiger partial charge in [0, 0.05) is 17.4 Å². The van der Waals surface area contributed by atoms with Gasteiger partial charge in [0.15, 0.2) is 0 Å². The molecule has 1 atom stereocenters. The van der Waals surface area contributed by atoms with Crippen LogP contribution in [0.5, 0.6) is 5.75 Å². The Kier molecular flexibility index (Phi) is 4.56. The molecule has 5 nitrogen and oxygen atoms in total. The van der Waals surface area contributed by atoms with Crippen molar-refractivity contribution in [3.63, 3.8) is 0 Å². The lowest BCUT2D eigenvalue weighted by Gasteiger charge is -2.21. The van der Waals surface area contributed by atoms with Crippen molar-refractivity contribution >= 4 is 11.6 Å². The summed E-state index contributed by atoms with van der Waals surface area (Å²) in [5.74, 6) is 0.147. The lowest BCUT2D eigenvalue weighted by molar-refractivity contribution is -0.117. The number of hydrogen-bond acceptors (Lipinski definition) is 4. The average Bonchev–Trinajstić information content (AvgIpc) is 2.69. The maximum Gasteiger partial charge on any atom is 0.241 e. The number of fused-ring (bicyclic) bond motifs is 3. The number of pyridine rings is 1. The minimum atomic E-state index is -0.727. The van der Waals surface area contributed by atoms with Crippen LogP contribution in [0, 0.1) is 5.82 Å². The maximum absolute atomic E-state index is 13.0. The molecule has 4 rings (SSSR count). The van der Waals surface area contributed by atoms with E-state index in [0.29, 0.717) is 18.7 Å². The molecule has 6 heteroatoms. The van der Waals surface area contributed by atoms with Gasteiger partial charge < -0.3 is 15.8 Å². The molecule has 0 fully saturated rings. The van der Waals surface area contributed by atoms with Gasteiger partial charge in [-0.25, -0.2) is 4.39 Å². The zero-order valence-corrected chi connectivity index (χ0v) is 14.5. The van der Waals surface area contributed by atoms with Crippen LogP contribution in [0.15, 0.2) is 60.9 Å². The number of ether oxygens (including phenoxy) is 1. The first-order valence-electron chi connectivity index (χ1n) is 8.61. The molecule has 27 heavy (non-hydrogen) atoms. The van der Waals surface area contributed by atoms with Gasteiger partial charge in [-0.1, -0.05) is 18.2 Å². The van der Waals surface area contributed by atoms with Crippen molar-refractivity contribution in [2.75, 3.05) is 5.32 Å². The SMILES string of the molecule is NC(Cc1ccc(F)cc1)C(=O)Nc1ccc2c(c1)COc1cnccc1-2. The van der Waals surface area contributed by atoms with Gasteiger partial charge in [0.1, 0.15) is 18.2 Å². The van der Waals surface area contributed by atoms with E-state index in [1.165, 1.54) is 12.1 Å². The molecule has 0 saturated carbocycles. The minimum Gasteiger partial charge on any atom is -0.487 e. The fourth-order valence-corrected chi connectivity index (χ4v) is 3.13. The van der Waals surface area contributed by atoms with E-state index in [2.05, 4.69) is 10.3 Å². The first-order chi connectivity index (χ1) is 13.1. The first-order valence-corrected chi connectivity index (χ1v) is 8.61. The van der Waals surface area contributed by atoms with Gasteiger partial charge in [0.25, 0.3) is 0 Å². The molecule has 0 aliphatic carbocycles. The summed E-state index contributed by atoms with van der Waals surface area (Å²) in [5, 5.41) is 2.84. The molecule has 1 aliphatic heterocycles. The smallest absolute Gasteiger partial charge is 0.241 e. The second-order valence-electron chi connectivity index (χ2n) is 6.46. The van der Waals surface area contributed by atoms with Gasteiger partial charge in [-0.15, -0.1) is 0 Å². The van der Waals surface area contributed by atoms with Gasteiger partial charge >= 0.3 is 0 Å². The van der Waals surface area contributed by atoms with Crippen LogP contribution in [0.3, 0.4) is 0 Å². The Balaban J connectivity index is 1.47. The van der Waals surface area contributed by atoms with Crippen LogP contribution in [-0.2, 0) is 17.8 Å². The zero-order valence-electron chi connectivity index (χ0n) is 14.5. The van der Waals surface area contributed by atoms with Crippen LogP contribution in [0.2, 0.25) is 0 Å². The van der Waals surface area contributed by atoms with E-state index in [1.807, 2.05) is 24.3 Å². The molecule has 1 amide bonds. The highest BCUT2D eigenvalue weighted by Gasteiger charge is 2.19. The summed E-state index contributed by atoms with van der Waals surface area (Å²) in [7, 11) is 0. The van der Waals surface area contributed by atoms with E-state index in [9.17, 15) is 9.18 Å². The number of benzene rings is 2. The Bertz CT molecular complexity index is 989. The number of amides is 1. The molecule has 0 bridgehead atoms. The number of hydrogen-bond donors (Lipinski definition) is 2. The van der Waals surface area contributed by atoms with E-state index in [4.69, 9.17) is 10.5 Å². The molecule has 2 aromatic carbocycles. The Morgan fingerprint density at radius 1 is 1.19 bits per heavy atom. The third kappa shape index (κ3) is 3.66. The third-order valence-electron chi connectivity index (χ3n) is 4.54. The van der Waals surface area contributed by atoms with Crippen LogP contribution in [0.1, 0.15) is 11.1 Å². The van der Waals surface area contributed by atoms with Crippen molar-refractivity contribution < 1.29 is 13.9 Å². The number of nitrogens with zero attached hydrogens (tertiary/aromatic N) is 1. The van der Waals surface area contributed by atoms with Crippen molar-refractivity contribution in [2.24, 2.45) is 5.73 Å². The summed E-state index contributed by atoms with van der Waals surface area (Å²) < 4.78 is 18.7. The third-order valence-corrected chi connectivity index (χ3v) is 4.54. The summed E-state index contributed by atoms with van der Waals surface area (Å²) in [4.78, 5) is 16.5. The molecule has 136 valence electrons. The molecule has 1 aromatic heterocycles. The number of anilines is 1. The van der Waals surface area contributed by atoms with Gasteiger partial charge in [0.05, 0.1) is 12.2 Å². The van der Waals surface area contributed by atoms with Gasteiger partial charge in [0.2, 0.25) is 5.91 Å². The van der Waals surface area contributed by atoms with Crippen molar-refractivity contribution in [1.29, 1.82) is 0 Å². The number of carbonyl (C=O) groups excluding carboxylic acids is 1.